The number of primary amides is 1. The fraction of sp³-hybridized carbons (Fsp3) is 0.333. The Balaban J connectivity index is 0.00000289. The number of carbonyl (C=O) groups is 1. The van der Waals surface area contributed by atoms with Gasteiger partial charge in [0.25, 0.3) is 5.82 Å². The van der Waals surface area contributed by atoms with Crippen molar-refractivity contribution in [3.05, 3.63) is 102 Å². The van der Waals surface area contributed by atoms with Crippen LogP contribution in [0.5, 0.6) is 0 Å². The number of nitrogens with two attached hydrogens (primary N) is 1. The SMILES string of the molecule is CC=CC[n+]1ccn([C@H]2CC[C@@H](C(C(N)=O)(c3ccccc3)c3ccccc3)C2)c1C.[Br-]. The summed E-state index contributed by atoms with van der Waals surface area (Å²) < 4.78 is 4.65. The second-order valence-corrected chi connectivity index (χ2v) is 8.54. The minimum absolute atomic E-state index is 0. The van der Waals surface area contributed by atoms with Crippen LogP contribution in [0.2, 0.25) is 0 Å². The van der Waals surface area contributed by atoms with E-state index in [0.29, 0.717) is 6.04 Å². The lowest BCUT2D eigenvalue weighted by molar-refractivity contribution is -0.692. The first kappa shape index (κ1) is 24.0. The second-order valence-electron chi connectivity index (χ2n) is 8.54. The predicted molar refractivity (Wildman–Crippen MR) is 123 cm³/mol. The van der Waals surface area contributed by atoms with Crippen molar-refractivity contribution in [2.45, 2.75) is 51.1 Å². The Labute approximate surface area is 201 Å². The molecule has 0 aliphatic heterocycles. The van der Waals surface area contributed by atoms with Crippen LogP contribution in [-0.4, -0.2) is 10.5 Å². The average molecular weight is 494 g/mol. The Hall–Kier alpha value is -2.66. The predicted octanol–water partition coefficient (Wildman–Crippen LogP) is 1.48. The van der Waals surface area contributed by atoms with Gasteiger partial charge in [0.2, 0.25) is 5.91 Å². The Kier molecular flexibility index (Phi) is 7.73. The molecule has 0 radical (unpaired) electrons. The molecule has 5 heteroatoms. The highest BCUT2D eigenvalue weighted by Gasteiger charge is 2.51. The van der Waals surface area contributed by atoms with Crippen molar-refractivity contribution in [2.75, 3.05) is 0 Å². The minimum atomic E-state index is -0.820. The quantitative estimate of drug-likeness (QED) is 0.393. The Morgan fingerprint density at radius 1 is 1.09 bits per heavy atom. The van der Waals surface area contributed by atoms with Crippen molar-refractivity contribution >= 4 is 5.91 Å². The van der Waals surface area contributed by atoms with Crippen molar-refractivity contribution in [3.8, 4) is 0 Å². The molecule has 3 aromatic rings. The van der Waals surface area contributed by atoms with Crippen LogP contribution < -0.4 is 27.3 Å². The molecule has 1 saturated carbocycles. The molecule has 32 heavy (non-hydrogen) atoms. The Morgan fingerprint density at radius 3 is 2.22 bits per heavy atom. The number of amides is 1. The molecule has 1 aliphatic carbocycles. The minimum Gasteiger partial charge on any atom is -1.00 e. The first-order valence-corrected chi connectivity index (χ1v) is 11.2. The van der Waals surface area contributed by atoms with E-state index >= 15 is 0 Å². The summed E-state index contributed by atoms with van der Waals surface area (Å²) in [6.07, 6.45) is 11.5. The van der Waals surface area contributed by atoms with Crippen LogP contribution in [0.3, 0.4) is 0 Å². The lowest BCUT2D eigenvalue weighted by Crippen LogP contribution is -3.00. The molecule has 1 amide bonds. The Morgan fingerprint density at radius 2 is 1.69 bits per heavy atom. The summed E-state index contributed by atoms with van der Waals surface area (Å²) >= 11 is 0. The normalized spacial score (nSPS) is 18.6. The fourth-order valence-corrected chi connectivity index (χ4v) is 5.44. The maximum atomic E-state index is 13.2. The maximum Gasteiger partial charge on any atom is 0.253 e. The number of benzene rings is 2. The molecule has 4 nitrogen and oxygen atoms in total. The number of nitrogens with zero attached hydrogens (tertiary/aromatic N) is 2. The summed E-state index contributed by atoms with van der Waals surface area (Å²) in [6, 6.07) is 20.6. The maximum absolute atomic E-state index is 13.2. The van der Waals surface area contributed by atoms with Gasteiger partial charge in [-0.15, -0.1) is 0 Å². The van der Waals surface area contributed by atoms with E-state index < -0.39 is 5.41 Å². The topological polar surface area (TPSA) is 51.9 Å². The summed E-state index contributed by atoms with van der Waals surface area (Å²) in [7, 11) is 0. The number of rotatable bonds is 7. The molecule has 1 fully saturated rings. The standard InChI is InChI=1S/C27H31N3O.BrH/c1-3-4-17-29-18-19-30(21(29)2)25-16-15-24(20-25)27(26(28)31,22-11-7-5-8-12-22)23-13-9-6-10-14-23;/h3-14,18-19,24-25H,15-17,20H2,1-2H3,(H-,28,31);1H/t24-,25+;/m1./s1. The number of halogens is 1. The summed E-state index contributed by atoms with van der Waals surface area (Å²) in [4.78, 5) is 13.2. The lowest BCUT2D eigenvalue weighted by Gasteiger charge is -2.37. The molecule has 1 heterocycles. The van der Waals surface area contributed by atoms with Gasteiger partial charge in [-0.25, -0.2) is 9.13 Å². The van der Waals surface area contributed by atoms with Gasteiger partial charge in [-0.1, -0.05) is 66.7 Å². The second kappa shape index (κ2) is 10.3. The van der Waals surface area contributed by atoms with Gasteiger partial charge in [0.15, 0.2) is 0 Å². The van der Waals surface area contributed by atoms with Gasteiger partial charge in [-0.05, 0) is 49.3 Å². The fourth-order valence-electron chi connectivity index (χ4n) is 5.44. The van der Waals surface area contributed by atoms with E-state index in [-0.39, 0.29) is 28.8 Å². The third-order valence-corrected chi connectivity index (χ3v) is 6.99. The monoisotopic (exact) mass is 493 g/mol. The summed E-state index contributed by atoms with van der Waals surface area (Å²) in [5.74, 6) is 1.13. The lowest BCUT2D eigenvalue weighted by atomic mass is 9.64. The number of hydrogen-bond acceptors (Lipinski definition) is 1. The smallest absolute Gasteiger partial charge is 0.253 e. The summed E-state index contributed by atoms with van der Waals surface area (Å²) in [5.41, 5.74) is 7.40. The molecule has 0 bridgehead atoms. The number of hydrogen-bond donors (Lipinski definition) is 1. The van der Waals surface area contributed by atoms with Crippen LogP contribution in [0.4, 0.5) is 0 Å². The highest BCUT2D eigenvalue weighted by Crippen LogP contribution is 2.49. The molecular formula is C27H32BrN3O. The van der Waals surface area contributed by atoms with Gasteiger partial charge in [0.05, 0.1) is 0 Å². The first-order chi connectivity index (χ1) is 15.1. The van der Waals surface area contributed by atoms with E-state index in [1.165, 1.54) is 5.82 Å². The molecule has 0 unspecified atom stereocenters. The molecule has 2 aromatic carbocycles. The number of carbonyl (C=O) groups excluding carboxylic acids is 1. The van der Waals surface area contributed by atoms with Crippen molar-refractivity contribution in [1.82, 2.24) is 4.57 Å². The Bertz CT molecular complexity index is 1020. The van der Waals surface area contributed by atoms with Gasteiger partial charge in [-0.2, -0.15) is 0 Å². The van der Waals surface area contributed by atoms with Gasteiger partial charge < -0.3 is 22.7 Å². The van der Waals surface area contributed by atoms with Crippen molar-refractivity contribution < 1.29 is 26.3 Å². The molecule has 4 rings (SSSR count). The van der Waals surface area contributed by atoms with Crippen molar-refractivity contribution in [1.29, 1.82) is 0 Å². The third kappa shape index (κ3) is 4.18. The molecular weight excluding hydrogens is 462 g/mol. The van der Waals surface area contributed by atoms with Crippen LogP contribution in [0.25, 0.3) is 0 Å². The van der Waals surface area contributed by atoms with Crippen LogP contribution >= 0.6 is 0 Å². The van der Waals surface area contributed by atoms with E-state index in [2.05, 4.69) is 64.9 Å². The van der Waals surface area contributed by atoms with Crippen molar-refractivity contribution in [2.24, 2.45) is 11.7 Å². The molecule has 1 aliphatic rings. The highest BCUT2D eigenvalue weighted by atomic mass is 79.9. The highest BCUT2D eigenvalue weighted by molar-refractivity contribution is 5.91. The number of aromatic nitrogens is 2. The zero-order valence-electron chi connectivity index (χ0n) is 18.8. The van der Waals surface area contributed by atoms with E-state index in [4.69, 9.17) is 5.73 Å². The van der Waals surface area contributed by atoms with E-state index in [9.17, 15) is 4.79 Å². The molecule has 1 aromatic heterocycles. The molecule has 2 N–H and O–H groups in total. The van der Waals surface area contributed by atoms with Crippen LogP contribution in [0.15, 0.2) is 85.2 Å². The molecule has 2 atom stereocenters. The van der Waals surface area contributed by atoms with Crippen molar-refractivity contribution in [3.63, 3.8) is 0 Å². The zero-order valence-corrected chi connectivity index (χ0v) is 20.4. The van der Waals surface area contributed by atoms with E-state index in [0.717, 1.165) is 36.9 Å². The molecule has 0 spiro atoms. The van der Waals surface area contributed by atoms with Gasteiger partial charge >= 0.3 is 0 Å². The van der Waals surface area contributed by atoms with Gasteiger partial charge in [0, 0.05) is 6.92 Å². The van der Waals surface area contributed by atoms with Crippen LogP contribution in [-0.2, 0) is 16.8 Å². The average Bonchev–Trinajstić information content (AvgIpc) is 3.41. The molecule has 168 valence electrons. The number of allylic oxidation sites excluding steroid dienone is 2. The number of imidazole rings is 1. The van der Waals surface area contributed by atoms with E-state index in [1.54, 1.807) is 0 Å². The first-order valence-electron chi connectivity index (χ1n) is 11.2. The third-order valence-electron chi connectivity index (χ3n) is 6.99. The summed E-state index contributed by atoms with van der Waals surface area (Å²) in [6.45, 7) is 5.10. The largest absolute Gasteiger partial charge is 1.00 e. The zero-order chi connectivity index (χ0) is 21.8. The van der Waals surface area contributed by atoms with Crippen LogP contribution in [0.1, 0.15) is 49.2 Å². The van der Waals surface area contributed by atoms with E-state index in [1.807, 2.05) is 43.3 Å². The van der Waals surface area contributed by atoms with Gasteiger partial charge in [-0.3, -0.25) is 4.79 Å². The van der Waals surface area contributed by atoms with Gasteiger partial charge in [0.1, 0.15) is 30.4 Å². The molecule has 0 saturated heterocycles. The summed E-state index contributed by atoms with van der Waals surface area (Å²) in [5, 5.41) is 0. The van der Waals surface area contributed by atoms with Crippen LogP contribution in [0, 0.1) is 12.8 Å².